The Kier molecular flexibility index (Phi) is 5.22. The van der Waals surface area contributed by atoms with E-state index in [1.165, 1.54) is 0 Å². The van der Waals surface area contributed by atoms with Crippen molar-refractivity contribution in [2.45, 2.75) is 13.0 Å². The van der Waals surface area contributed by atoms with E-state index >= 15 is 0 Å². The quantitative estimate of drug-likeness (QED) is 0.458. The second-order valence-corrected chi connectivity index (χ2v) is 7.82. The van der Waals surface area contributed by atoms with Gasteiger partial charge in [-0.25, -0.2) is 4.98 Å². The Hall–Kier alpha value is -4.26. The highest BCUT2D eigenvalue weighted by Gasteiger charge is 2.34. The lowest BCUT2D eigenvalue weighted by molar-refractivity contribution is -0.113. The van der Waals surface area contributed by atoms with Gasteiger partial charge < -0.3 is 20.1 Å². The minimum Gasteiger partial charge on any atom is -0.497 e. The zero-order valence-corrected chi connectivity index (χ0v) is 18.6. The van der Waals surface area contributed by atoms with Gasteiger partial charge in [0.15, 0.2) is 0 Å². The second-order valence-electron chi connectivity index (χ2n) is 7.82. The van der Waals surface area contributed by atoms with Crippen LogP contribution in [0.5, 0.6) is 11.5 Å². The average molecular weight is 441 g/mol. The van der Waals surface area contributed by atoms with E-state index in [-0.39, 0.29) is 11.9 Å². The van der Waals surface area contributed by atoms with E-state index in [2.05, 4.69) is 15.2 Å². The minimum atomic E-state index is -0.363. The number of amides is 1. The van der Waals surface area contributed by atoms with Crippen LogP contribution in [0.4, 0.5) is 11.6 Å². The van der Waals surface area contributed by atoms with Crippen LogP contribution in [0.25, 0.3) is 11.0 Å². The van der Waals surface area contributed by atoms with Gasteiger partial charge in [-0.05, 0) is 61.0 Å². The largest absolute Gasteiger partial charge is 0.497 e. The van der Waals surface area contributed by atoms with Crippen LogP contribution in [0.2, 0.25) is 0 Å². The molecule has 1 aliphatic heterocycles. The van der Waals surface area contributed by atoms with E-state index in [0.717, 1.165) is 33.8 Å². The molecule has 0 saturated heterocycles. The Balaban J connectivity index is 1.61. The Bertz CT molecular complexity index is 1350. The molecule has 7 nitrogen and oxygen atoms in total. The lowest BCUT2D eigenvalue weighted by atomic mass is 9.94. The number of hydrogen-bond acceptors (Lipinski definition) is 5. The predicted molar refractivity (Wildman–Crippen MR) is 129 cm³/mol. The molecular weight excluding hydrogens is 416 g/mol. The zero-order chi connectivity index (χ0) is 22.9. The maximum absolute atomic E-state index is 13.6. The molecule has 7 heteroatoms. The molecule has 33 heavy (non-hydrogen) atoms. The molecule has 0 bridgehead atoms. The Labute approximate surface area is 191 Å². The van der Waals surface area contributed by atoms with Gasteiger partial charge in [-0.15, -0.1) is 0 Å². The third kappa shape index (κ3) is 3.67. The standard InChI is InChI=1S/C26H24N4O3/c1-16-23(25(31)28-18-10-14-20(33-3)15-11-18)24(17-8-12-19(32-2)13-9-17)30-22-7-5-4-6-21(22)29-26(30)27-16/h4-15,24H,1-3H3,(H,27,29)(H,28,31)/t24-/m0/s1. The summed E-state index contributed by atoms with van der Waals surface area (Å²) in [7, 11) is 3.25. The molecule has 0 radical (unpaired) electrons. The van der Waals surface area contributed by atoms with Gasteiger partial charge in [0.1, 0.15) is 11.5 Å². The summed E-state index contributed by atoms with van der Waals surface area (Å²) < 4.78 is 12.6. The van der Waals surface area contributed by atoms with Crippen molar-refractivity contribution in [1.29, 1.82) is 0 Å². The number of allylic oxidation sites excluding steroid dienone is 1. The number of para-hydroxylation sites is 2. The summed E-state index contributed by atoms with van der Waals surface area (Å²) in [5.41, 5.74) is 4.83. The fourth-order valence-electron chi connectivity index (χ4n) is 4.23. The van der Waals surface area contributed by atoms with Crippen molar-refractivity contribution in [1.82, 2.24) is 9.55 Å². The molecule has 1 atom stereocenters. The topological polar surface area (TPSA) is 77.4 Å². The normalized spacial score (nSPS) is 15.1. The number of nitrogens with zero attached hydrogens (tertiary/aromatic N) is 2. The number of hydrogen-bond donors (Lipinski definition) is 2. The second kappa shape index (κ2) is 8.35. The van der Waals surface area contributed by atoms with E-state index < -0.39 is 0 Å². The molecule has 1 amide bonds. The Morgan fingerprint density at radius 2 is 1.58 bits per heavy atom. The van der Waals surface area contributed by atoms with E-state index in [9.17, 15) is 4.79 Å². The predicted octanol–water partition coefficient (Wildman–Crippen LogP) is 4.98. The third-order valence-electron chi connectivity index (χ3n) is 5.85. The van der Waals surface area contributed by atoms with Gasteiger partial charge in [-0.3, -0.25) is 9.36 Å². The Morgan fingerprint density at radius 3 is 2.24 bits per heavy atom. The molecule has 0 saturated carbocycles. The number of aromatic nitrogens is 2. The van der Waals surface area contributed by atoms with Gasteiger partial charge in [0, 0.05) is 11.4 Å². The van der Waals surface area contributed by atoms with Gasteiger partial charge in [-0.1, -0.05) is 24.3 Å². The van der Waals surface area contributed by atoms with Gasteiger partial charge in [0.05, 0.1) is 36.9 Å². The smallest absolute Gasteiger partial charge is 0.255 e. The molecule has 4 aromatic rings. The fraction of sp³-hybridized carbons (Fsp3) is 0.154. The van der Waals surface area contributed by atoms with Crippen LogP contribution >= 0.6 is 0 Å². The molecule has 2 N–H and O–H groups in total. The van der Waals surface area contributed by atoms with E-state index in [0.29, 0.717) is 17.2 Å². The van der Waals surface area contributed by atoms with Crippen LogP contribution in [0.1, 0.15) is 18.5 Å². The first-order valence-corrected chi connectivity index (χ1v) is 10.6. The summed E-state index contributed by atoms with van der Waals surface area (Å²) in [6.45, 7) is 1.91. The van der Waals surface area contributed by atoms with Crippen molar-refractivity contribution in [2.24, 2.45) is 0 Å². The first-order chi connectivity index (χ1) is 16.1. The number of ether oxygens (including phenoxy) is 2. The summed E-state index contributed by atoms with van der Waals surface area (Å²) in [6, 6.07) is 22.6. The highest BCUT2D eigenvalue weighted by molar-refractivity contribution is 6.06. The molecule has 2 heterocycles. The summed E-state index contributed by atoms with van der Waals surface area (Å²) >= 11 is 0. The number of fused-ring (bicyclic) bond motifs is 3. The van der Waals surface area contributed by atoms with Crippen molar-refractivity contribution in [3.05, 3.63) is 89.6 Å². The number of carbonyl (C=O) groups is 1. The molecule has 0 aliphatic carbocycles. The lowest BCUT2D eigenvalue weighted by Crippen LogP contribution is -2.30. The molecule has 0 fully saturated rings. The summed E-state index contributed by atoms with van der Waals surface area (Å²) in [5.74, 6) is 2.01. The van der Waals surface area contributed by atoms with Crippen molar-refractivity contribution >= 4 is 28.6 Å². The monoisotopic (exact) mass is 440 g/mol. The summed E-state index contributed by atoms with van der Waals surface area (Å²) in [6.07, 6.45) is 0. The van der Waals surface area contributed by atoms with Crippen LogP contribution in [-0.2, 0) is 4.79 Å². The number of rotatable bonds is 5. The number of imidazole rings is 1. The molecule has 5 rings (SSSR count). The number of carbonyl (C=O) groups excluding carboxylic acids is 1. The van der Waals surface area contributed by atoms with Crippen molar-refractivity contribution in [2.75, 3.05) is 24.9 Å². The third-order valence-corrected chi connectivity index (χ3v) is 5.85. The van der Waals surface area contributed by atoms with Crippen LogP contribution in [0.3, 0.4) is 0 Å². The maximum Gasteiger partial charge on any atom is 0.255 e. The van der Waals surface area contributed by atoms with E-state index in [4.69, 9.17) is 14.5 Å². The first-order valence-electron chi connectivity index (χ1n) is 10.6. The van der Waals surface area contributed by atoms with Crippen molar-refractivity contribution in [3.8, 4) is 11.5 Å². The van der Waals surface area contributed by atoms with Gasteiger partial charge >= 0.3 is 0 Å². The van der Waals surface area contributed by atoms with Gasteiger partial charge in [-0.2, -0.15) is 0 Å². The molecule has 0 spiro atoms. The highest BCUT2D eigenvalue weighted by atomic mass is 16.5. The minimum absolute atomic E-state index is 0.186. The van der Waals surface area contributed by atoms with Crippen LogP contribution in [-0.4, -0.2) is 29.7 Å². The molecule has 1 aliphatic rings. The van der Waals surface area contributed by atoms with Crippen molar-refractivity contribution < 1.29 is 14.3 Å². The van der Waals surface area contributed by atoms with Gasteiger partial charge in [0.2, 0.25) is 5.95 Å². The van der Waals surface area contributed by atoms with Crippen LogP contribution in [0.15, 0.2) is 84.1 Å². The molecule has 0 unspecified atom stereocenters. The SMILES string of the molecule is COc1ccc(NC(=O)C2=C(C)Nc3nc4ccccc4n3[C@H]2c2ccc(OC)cc2)cc1. The summed E-state index contributed by atoms with van der Waals surface area (Å²) in [4.78, 5) is 18.4. The zero-order valence-electron chi connectivity index (χ0n) is 18.6. The molecule has 166 valence electrons. The molecule has 1 aromatic heterocycles. The average Bonchev–Trinajstić information content (AvgIpc) is 3.21. The van der Waals surface area contributed by atoms with Crippen molar-refractivity contribution in [3.63, 3.8) is 0 Å². The molecule has 3 aromatic carbocycles. The first kappa shape index (κ1) is 20.6. The Morgan fingerprint density at radius 1 is 0.939 bits per heavy atom. The van der Waals surface area contributed by atoms with E-state index in [1.807, 2.05) is 79.7 Å². The lowest BCUT2D eigenvalue weighted by Gasteiger charge is -2.30. The van der Waals surface area contributed by atoms with Gasteiger partial charge in [0.25, 0.3) is 5.91 Å². The number of nitrogens with one attached hydrogen (secondary N) is 2. The number of benzene rings is 3. The maximum atomic E-state index is 13.6. The number of methoxy groups -OCH3 is 2. The fourth-order valence-corrected chi connectivity index (χ4v) is 4.23. The van der Waals surface area contributed by atoms with E-state index in [1.54, 1.807) is 14.2 Å². The van der Waals surface area contributed by atoms with Crippen LogP contribution in [0, 0.1) is 0 Å². The molecular formula is C26H24N4O3. The van der Waals surface area contributed by atoms with Crippen LogP contribution < -0.4 is 20.1 Å². The number of anilines is 2. The summed E-state index contributed by atoms with van der Waals surface area (Å²) in [5, 5.41) is 6.37. The highest BCUT2D eigenvalue weighted by Crippen LogP contribution is 2.39.